The van der Waals surface area contributed by atoms with Crippen LogP contribution in [0.1, 0.15) is 11.1 Å². The van der Waals surface area contributed by atoms with E-state index >= 15 is 0 Å². The van der Waals surface area contributed by atoms with Gasteiger partial charge in [0.25, 0.3) is 0 Å². The number of hydrogen-bond acceptors (Lipinski definition) is 3. The molecule has 0 spiro atoms. The fourth-order valence-electron chi connectivity index (χ4n) is 2.90. The van der Waals surface area contributed by atoms with E-state index in [9.17, 15) is 4.39 Å². The second-order valence-corrected chi connectivity index (χ2v) is 6.37. The molecule has 0 bridgehead atoms. The molecule has 2 heterocycles. The van der Waals surface area contributed by atoms with E-state index in [-0.39, 0.29) is 5.82 Å². The van der Waals surface area contributed by atoms with Crippen LogP contribution in [0.15, 0.2) is 42.7 Å². The van der Waals surface area contributed by atoms with Gasteiger partial charge in [0, 0.05) is 56.7 Å². The number of hydrogen-bond donors (Lipinski definition) is 0. The van der Waals surface area contributed by atoms with Gasteiger partial charge in [-0.3, -0.25) is 9.88 Å². The number of piperazine rings is 1. The molecule has 5 heteroatoms. The maximum Gasteiger partial charge on any atom is 0.124 e. The van der Waals surface area contributed by atoms with Gasteiger partial charge in [0.15, 0.2) is 0 Å². The SMILES string of the molecule is Fc1ccc(CN2CCN(CCc3ccncc3)CC2)c(Cl)c1. The van der Waals surface area contributed by atoms with Gasteiger partial charge in [-0.15, -0.1) is 0 Å². The molecule has 1 aliphatic rings. The number of benzene rings is 1. The predicted octanol–water partition coefficient (Wildman–Crippen LogP) is 3.23. The van der Waals surface area contributed by atoms with E-state index in [2.05, 4.69) is 26.9 Å². The van der Waals surface area contributed by atoms with Crippen molar-refractivity contribution >= 4 is 11.6 Å². The van der Waals surface area contributed by atoms with Crippen molar-refractivity contribution in [3.8, 4) is 0 Å². The van der Waals surface area contributed by atoms with E-state index in [1.54, 1.807) is 6.07 Å². The number of aromatic nitrogens is 1. The zero-order valence-corrected chi connectivity index (χ0v) is 13.8. The normalized spacial score (nSPS) is 16.6. The summed E-state index contributed by atoms with van der Waals surface area (Å²) in [7, 11) is 0. The first-order valence-electron chi connectivity index (χ1n) is 7.98. The molecule has 2 aromatic rings. The van der Waals surface area contributed by atoms with Gasteiger partial charge < -0.3 is 4.90 Å². The summed E-state index contributed by atoms with van der Waals surface area (Å²) in [4.78, 5) is 8.91. The van der Waals surface area contributed by atoms with Gasteiger partial charge in [-0.25, -0.2) is 4.39 Å². The van der Waals surface area contributed by atoms with Gasteiger partial charge in [-0.05, 0) is 41.8 Å². The van der Waals surface area contributed by atoms with Gasteiger partial charge in [0.2, 0.25) is 0 Å². The second-order valence-electron chi connectivity index (χ2n) is 5.96. The lowest BCUT2D eigenvalue weighted by molar-refractivity contribution is 0.128. The molecule has 1 aliphatic heterocycles. The highest BCUT2D eigenvalue weighted by Gasteiger charge is 2.17. The maximum atomic E-state index is 13.1. The lowest BCUT2D eigenvalue weighted by Crippen LogP contribution is -2.46. The molecule has 0 unspecified atom stereocenters. The molecule has 0 amide bonds. The number of rotatable bonds is 5. The van der Waals surface area contributed by atoms with Crippen molar-refractivity contribution in [2.75, 3.05) is 32.7 Å². The Kier molecular flexibility index (Phi) is 5.60. The average molecular weight is 334 g/mol. The lowest BCUT2D eigenvalue weighted by Gasteiger charge is -2.34. The molecule has 1 fully saturated rings. The highest BCUT2D eigenvalue weighted by atomic mass is 35.5. The Morgan fingerprint density at radius 1 is 1.00 bits per heavy atom. The number of pyridine rings is 1. The third-order valence-corrected chi connectivity index (χ3v) is 4.69. The van der Waals surface area contributed by atoms with Crippen LogP contribution in [0.25, 0.3) is 0 Å². The molecule has 3 rings (SSSR count). The first kappa shape index (κ1) is 16.4. The summed E-state index contributed by atoms with van der Waals surface area (Å²) in [6.07, 6.45) is 4.76. The van der Waals surface area contributed by atoms with E-state index < -0.39 is 0 Å². The Bertz CT molecular complexity index is 627. The van der Waals surface area contributed by atoms with Crippen molar-refractivity contribution in [1.82, 2.24) is 14.8 Å². The molecular formula is C18H21ClFN3. The second kappa shape index (κ2) is 7.86. The van der Waals surface area contributed by atoms with Crippen LogP contribution in [0, 0.1) is 5.82 Å². The summed E-state index contributed by atoms with van der Waals surface area (Å²) in [5.74, 6) is -0.278. The largest absolute Gasteiger partial charge is 0.300 e. The van der Waals surface area contributed by atoms with Gasteiger partial charge in [0.05, 0.1) is 0 Å². The lowest BCUT2D eigenvalue weighted by atomic mass is 10.1. The summed E-state index contributed by atoms with van der Waals surface area (Å²) in [6, 6.07) is 8.81. The molecular weight excluding hydrogens is 313 g/mol. The predicted molar refractivity (Wildman–Crippen MR) is 91.1 cm³/mol. The van der Waals surface area contributed by atoms with Crippen molar-refractivity contribution in [2.45, 2.75) is 13.0 Å². The zero-order chi connectivity index (χ0) is 16.1. The van der Waals surface area contributed by atoms with E-state index in [4.69, 9.17) is 11.6 Å². The molecule has 0 aliphatic carbocycles. The first-order valence-corrected chi connectivity index (χ1v) is 8.36. The van der Waals surface area contributed by atoms with E-state index in [1.165, 1.54) is 17.7 Å². The molecule has 23 heavy (non-hydrogen) atoms. The van der Waals surface area contributed by atoms with Gasteiger partial charge in [-0.2, -0.15) is 0 Å². The molecule has 3 nitrogen and oxygen atoms in total. The quantitative estimate of drug-likeness (QED) is 0.837. The molecule has 1 aromatic heterocycles. The standard InChI is InChI=1S/C18H21ClFN3/c19-18-13-17(20)2-1-16(18)14-23-11-9-22(10-12-23)8-5-15-3-6-21-7-4-15/h1-4,6-7,13H,5,8-12,14H2. The Morgan fingerprint density at radius 3 is 2.39 bits per heavy atom. The minimum Gasteiger partial charge on any atom is -0.300 e. The Morgan fingerprint density at radius 2 is 1.70 bits per heavy atom. The van der Waals surface area contributed by atoms with Crippen molar-refractivity contribution in [2.24, 2.45) is 0 Å². The highest BCUT2D eigenvalue weighted by molar-refractivity contribution is 6.31. The van der Waals surface area contributed by atoms with E-state index in [0.29, 0.717) is 5.02 Å². The van der Waals surface area contributed by atoms with Gasteiger partial charge in [-0.1, -0.05) is 17.7 Å². The van der Waals surface area contributed by atoms with Crippen molar-refractivity contribution in [3.63, 3.8) is 0 Å². The average Bonchev–Trinajstić information content (AvgIpc) is 2.58. The van der Waals surface area contributed by atoms with Crippen LogP contribution in [0.3, 0.4) is 0 Å². The smallest absolute Gasteiger partial charge is 0.124 e. The van der Waals surface area contributed by atoms with Gasteiger partial charge >= 0.3 is 0 Å². The van der Waals surface area contributed by atoms with Gasteiger partial charge in [0.1, 0.15) is 5.82 Å². The van der Waals surface area contributed by atoms with Crippen LogP contribution in [-0.4, -0.2) is 47.5 Å². The highest BCUT2D eigenvalue weighted by Crippen LogP contribution is 2.19. The maximum absolute atomic E-state index is 13.1. The third-order valence-electron chi connectivity index (χ3n) is 4.34. The minimum atomic E-state index is -0.278. The molecule has 1 aromatic carbocycles. The topological polar surface area (TPSA) is 19.4 Å². The molecule has 0 N–H and O–H groups in total. The zero-order valence-electron chi connectivity index (χ0n) is 13.1. The molecule has 122 valence electrons. The van der Waals surface area contributed by atoms with Crippen molar-refractivity contribution in [1.29, 1.82) is 0 Å². The summed E-state index contributed by atoms with van der Waals surface area (Å²) < 4.78 is 13.1. The van der Waals surface area contributed by atoms with Crippen molar-refractivity contribution < 1.29 is 4.39 Å². The fourth-order valence-corrected chi connectivity index (χ4v) is 3.13. The van der Waals surface area contributed by atoms with Crippen LogP contribution in [0.2, 0.25) is 5.02 Å². The monoisotopic (exact) mass is 333 g/mol. The molecule has 0 radical (unpaired) electrons. The van der Waals surface area contributed by atoms with Crippen LogP contribution < -0.4 is 0 Å². The summed E-state index contributed by atoms with van der Waals surface area (Å²) in [5, 5.41) is 0.519. The fraction of sp³-hybridized carbons (Fsp3) is 0.389. The van der Waals surface area contributed by atoms with Crippen LogP contribution in [0.5, 0.6) is 0 Å². The van der Waals surface area contributed by atoms with Crippen molar-refractivity contribution in [3.05, 3.63) is 64.7 Å². The van der Waals surface area contributed by atoms with Crippen LogP contribution in [-0.2, 0) is 13.0 Å². The van der Waals surface area contributed by atoms with Crippen LogP contribution in [0.4, 0.5) is 4.39 Å². The summed E-state index contributed by atoms with van der Waals surface area (Å²) in [5.41, 5.74) is 2.33. The molecule has 0 saturated carbocycles. The molecule has 0 atom stereocenters. The number of halogens is 2. The number of nitrogens with zero attached hydrogens (tertiary/aromatic N) is 3. The Labute approximate surface area is 141 Å². The minimum absolute atomic E-state index is 0.278. The Balaban J connectivity index is 1.45. The Hall–Kier alpha value is -1.49. The van der Waals surface area contributed by atoms with Crippen LogP contribution >= 0.6 is 11.6 Å². The van der Waals surface area contributed by atoms with E-state index in [1.807, 2.05) is 12.4 Å². The molecule has 1 saturated heterocycles. The summed E-state index contributed by atoms with van der Waals surface area (Å²) >= 11 is 6.11. The third kappa shape index (κ3) is 4.74. The van der Waals surface area contributed by atoms with E-state index in [0.717, 1.165) is 51.3 Å². The first-order chi connectivity index (χ1) is 11.2. The summed E-state index contributed by atoms with van der Waals surface area (Å²) in [6.45, 7) is 6.02.